The third-order valence-corrected chi connectivity index (χ3v) is 4.11. The zero-order chi connectivity index (χ0) is 14.1. The fourth-order valence-electron chi connectivity index (χ4n) is 3.11. The maximum absolute atomic E-state index is 12.8. The van der Waals surface area contributed by atoms with Gasteiger partial charge in [0.25, 0.3) is 5.91 Å². The Bertz CT molecular complexity index is 488. The van der Waals surface area contributed by atoms with Gasteiger partial charge >= 0.3 is 0 Å². The van der Waals surface area contributed by atoms with E-state index in [4.69, 9.17) is 0 Å². The number of pyridine rings is 1. The Kier molecular flexibility index (Phi) is 3.64. The van der Waals surface area contributed by atoms with Gasteiger partial charge < -0.3 is 10.2 Å². The van der Waals surface area contributed by atoms with Crippen molar-refractivity contribution in [2.45, 2.75) is 39.2 Å². The first-order valence-corrected chi connectivity index (χ1v) is 7.64. The summed E-state index contributed by atoms with van der Waals surface area (Å²) in [5.41, 5.74) is 0.723. The van der Waals surface area contributed by atoms with E-state index in [1.165, 1.54) is 19.3 Å². The molecule has 0 aromatic carbocycles. The highest BCUT2D eigenvalue weighted by atomic mass is 16.2. The Balaban J connectivity index is 1.78. The van der Waals surface area contributed by atoms with E-state index >= 15 is 0 Å². The summed E-state index contributed by atoms with van der Waals surface area (Å²) < 4.78 is 0. The summed E-state index contributed by atoms with van der Waals surface area (Å²) in [6, 6.07) is 4.25. The molecule has 1 aliphatic carbocycles. The molecule has 2 fully saturated rings. The van der Waals surface area contributed by atoms with Gasteiger partial charge in [-0.15, -0.1) is 0 Å². The number of carbonyl (C=O) groups excluding carboxylic acids is 1. The largest absolute Gasteiger partial charge is 0.367 e. The van der Waals surface area contributed by atoms with Crippen LogP contribution in [0.5, 0.6) is 0 Å². The van der Waals surface area contributed by atoms with Gasteiger partial charge in [0, 0.05) is 25.3 Å². The van der Waals surface area contributed by atoms with Gasteiger partial charge in [0.2, 0.25) is 0 Å². The van der Waals surface area contributed by atoms with Crippen molar-refractivity contribution in [3.8, 4) is 0 Å². The lowest BCUT2D eigenvalue weighted by Crippen LogP contribution is -2.42. The van der Waals surface area contributed by atoms with Crippen LogP contribution < -0.4 is 5.32 Å². The Morgan fingerprint density at radius 1 is 1.30 bits per heavy atom. The summed E-state index contributed by atoms with van der Waals surface area (Å²) in [6.07, 6.45) is 5.33. The second kappa shape index (κ2) is 5.43. The van der Waals surface area contributed by atoms with Crippen LogP contribution in [-0.2, 0) is 0 Å². The number of anilines is 1. The normalized spacial score (nSPS) is 26.4. The zero-order valence-corrected chi connectivity index (χ0v) is 12.3. The Hall–Kier alpha value is -1.58. The van der Waals surface area contributed by atoms with Crippen molar-refractivity contribution in [3.05, 3.63) is 23.9 Å². The Morgan fingerprint density at radius 3 is 2.65 bits per heavy atom. The monoisotopic (exact) mass is 273 g/mol. The molecule has 1 N–H and O–H groups in total. The number of nitrogens with one attached hydrogen (secondary N) is 1. The summed E-state index contributed by atoms with van der Waals surface area (Å²) >= 11 is 0. The van der Waals surface area contributed by atoms with Gasteiger partial charge in [0.05, 0.1) is 5.56 Å². The van der Waals surface area contributed by atoms with Crippen LogP contribution in [-0.4, -0.2) is 34.9 Å². The number of hydrogen-bond donors (Lipinski definition) is 1. The summed E-state index contributed by atoms with van der Waals surface area (Å²) in [5.74, 6) is 2.05. The van der Waals surface area contributed by atoms with E-state index in [-0.39, 0.29) is 5.91 Å². The second-order valence-corrected chi connectivity index (χ2v) is 6.47. The standard InChI is InChI=1S/C16H23N3O/c1-11-8-12(2)10-19(9-11)16(20)14-4-3-7-17-15(14)18-13-5-6-13/h3-4,7,11-13H,5-6,8-10H2,1-2H3,(H,17,18). The first-order chi connectivity index (χ1) is 9.63. The van der Waals surface area contributed by atoms with Gasteiger partial charge in [-0.3, -0.25) is 4.79 Å². The summed E-state index contributed by atoms with van der Waals surface area (Å²) in [5, 5.41) is 3.37. The number of hydrogen-bond acceptors (Lipinski definition) is 3. The van der Waals surface area contributed by atoms with Gasteiger partial charge in [0.1, 0.15) is 5.82 Å². The van der Waals surface area contributed by atoms with E-state index in [1.54, 1.807) is 6.20 Å². The van der Waals surface area contributed by atoms with Gasteiger partial charge in [-0.25, -0.2) is 4.98 Å². The van der Waals surface area contributed by atoms with Crippen molar-refractivity contribution >= 4 is 11.7 Å². The zero-order valence-electron chi connectivity index (χ0n) is 12.3. The molecule has 2 atom stereocenters. The van der Waals surface area contributed by atoms with Gasteiger partial charge in [-0.05, 0) is 43.2 Å². The van der Waals surface area contributed by atoms with Crippen LogP contribution in [0.1, 0.15) is 43.5 Å². The van der Waals surface area contributed by atoms with Crippen LogP contribution in [0.15, 0.2) is 18.3 Å². The number of rotatable bonds is 3. The number of likely N-dealkylation sites (tertiary alicyclic amines) is 1. The van der Waals surface area contributed by atoms with Crippen LogP contribution in [0, 0.1) is 11.8 Å². The first-order valence-electron chi connectivity index (χ1n) is 7.64. The Labute approximate surface area is 120 Å². The molecule has 0 bridgehead atoms. The van der Waals surface area contributed by atoms with Crippen molar-refractivity contribution in [2.75, 3.05) is 18.4 Å². The van der Waals surface area contributed by atoms with Gasteiger partial charge in [-0.2, -0.15) is 0 Å². The molecule has 1 saturated heterocycles. The average Bonchev–Trinajstić information content (AvgIpc) is 3.21. The lowest BCUT2D eigenvalue weighted by Gasteiger charge is -2.35. The maximum Gasteiger partial charge on any atom is 0.257 e. The predicted molar refractivity (Wildman–Crippen MR) is 79.7 cm³/mol. The molecule has 4 nitrogen and oxygen atoms in total. The van der Waals surface area contributed by atoms with Crippen molar-refractivity contribution < 1.29 is 4.79 Å². The van der Waals surface area contributed by atoms with Gasteiger partial charge in [0.15, 0.2) is 0 Å². The minimum atomic E-state index is 0.125. The number of aromatic nitrogens is 1. The third kappa shape index (κ3) is 2.94. The van der Waals surface area contributed by atoms with E-state index in [2.05, 4.69) is 24.1 Å². The predicted octanol–water partition coefficient (Wildman–Crippen LogP) is 2.77. The molecule has 20 heavy (non-hydrogen) atoms. The topological polar surface area (TPSA) is 45.2 Å². The average molecular weight is 273 g/mol. The molecule has 1 aromatic rings. The van der Waals surface area contributed by atoms with Crippen molar-refractivity contribution in [2.24, 2.45) is 11.8 Å². The quantitative estimate of drug-likeness (QED) is 0.921. The molecule has 2 heterocycles. The number of amides is 1. The molecular weight excluding hydrogens is 250 g/mol. The van der Waals surface area contributed by atoms with Crippen molar-refractivity contribution in [1.29, 1.82) is 0 Å². The number of piperidine rings is 1. The first kappa shape index (κ1) is 13.4. The minimum Gasteiger partial charge on any atom is -0.367 e. The molecular formula is C16H23N3O. The number of carbonyl (C=O) groups is 1. The molecule has 0 spiro atoms. The molecule has 108 valence electrons. The lowest BCUT2D eigenvalue weighted by molar-refractivity contribution is 0.0623. The van der Waals surface area contributed by atoms with E-state index in [0.29, 0.717) is 17.9 Å². The number of nitrogens with zero attached hydrogens (tertiary/aromatic N) is 2. The lowest BCUT2D eigenvalue weighted by atomic mass is 9.91. The van der Waals surface area contributed by atoms with E-state index in [1.807, 2.05) is 17.0 Å². The highest BCUT2D eigenvalue weighted by Crippen LogP contribution is 2.27. The van der Waals surface area contributed by atoms with Crippen molar-refractivity contribution in [1.82, 2.24) is 9.88 Å². The molecule has 3 rings (SSSR count). The summed E-state index contributed by atoms with van der Waals surface area (Å²) in [4.78, 5) is 19.1. The molecule has 1 saturated carbocycles. The maximum atomic E-state index is 12.8. The highest BCUT2D eigenvalue weighted by Gasteiger charge is 2.29. The molecule has 2 unspecified atom stereocenters. The fraction of sp³-hybridized carbons (Fsp3) is 0.625. The SMILES string of the molecule is CC1CC(C)CN(C(=O)c2cccnc2NC2CC2)C1. The minimum absolute atomic E-state index is 0.125. The summed E-state index contributed by atoms with van der Waals surface area (Å²) in [7, 11) is 0. The molecule has 1 aliphatic heterocycles. The molecule has 2 aliphatic rings. The smallest absolute Gasteiger partial charge is 0.257 e. The van der Waals surface area contributed by atoms with Crippen molar-refractivity contribution in [3.63, 3.8) is 0 Å². The molecule has 4 heteroatoms. The molecule has 1 aromatic heterocycles. The third-order valence-electron chi connectivity index (χ3n) is 4.11. The summed E-state index contributed by atoms with van der Waals surface area (Å²) in [6.45, 7) is 6.17. The van der Waals surface area contributed by atoms with Crippen LogP contribution >= 0.6 is 0 Å². The second-order valence-electron chi connectivity index (χ2n) is 6.47. The van der Waals surface area contributed by atoms with Crippen LogP contribution in [0.25, 0.3) is 0 Å². The van der Waals surface area contributed by atoms with Crippen LogP contribution in [0.3, 0.4) is 0 Å². The van der Waals surface area contributed by atoms with E-state index < -0.39 is 0 Å². The fourth-order valence-corrected chi connectivity index (χ4v) is 3.11. The van der Waals surface area contributed by atoms with Gasteiger partial charge in [-0.1, -0.05) is 13.8 Å². The molecule has 0 radical (unpaired) electrons. The van der Waals surface area contributed by atoms with Crippen LogP contribution in [0.2, 0.25) is 0 Å². The highest BCUT2D eigenvalue weighted by molar-refractivity contribution is 5.98. The Morgan fingerprint density at radius 2 is 2.00 bits per heavy atom. The molecule has 1 amide bonds. The van der Waals surface area contributed by atoms with E-state index in [9.17, 15) is 4.79 Å². The van der Waals surface area contributed by atoms with Crippen LogP contribution in [0.4, 0.5) is 5.82 Å². The van der Waals surface area contributed by atoms with E-state index in [0.717, 1.165) is 24.5 Å².